The molecule has 0 atom stereocenters. The van der Waals surface area contributed by atoms with Crippen LogP contribution in [0.1, 0.15) is 40.2 Å². The summed E-state index contributed by atoms with van der Waals surface area (Å²) in [5, 5.41) is 9.18. The summed E-state index contributed by atoms with van der Waals surface area (Å²) < 4.78 is 15.3. The molecule has 0 amide bonds. The number of aromatic carboxylic acids is 1. The topological polar surface area (TPSA) is 55.1 Å². The fraction of sp³-hybridized carbons (Fsp3) is 0.333. The maximum Gasteiger partial charge on any atom is 0.336 e. The fourth-order valence-electron chi connectivity index (χ4n) is 2.75. The summed E-state index contributed by atoms with van der Waals surface area (Å²) in [6.45, 7) is 0.349. The van der Waals surface area contributed by atoms with Crippen molar-refractivity contribution < 1.29 is 14.3 Å². The first-order valence-electron chi connectivity index (χ1n) is 6.70. The van der Waals surface area contributed by atoms with Gasteiger partial charge in [-0.1, -0.05) is 0 Å². The second kappa shape index (κ2) is 5.07. The molecule has 2 aromatic rings. The van der Waals surface area contributed by atoms with Gasteiger partial charge in [-0.25, -0.2) is 14.2 Å². The van der Waals surface area contributed by atoms with E-state index in [1.165, 1.54) is 18.2 Å². The van der Waals surface area contributed by atoms with E-state index in [9.17, 15) is 14.3 Å². The van der Waals surface area contributed by atoms with Gasteiger partial charge in [-0.2, -0.15) is 0 Å². The van der Waals surface area contributed by atoms with Crippen LogP contribution in [0.15, 0.2) is 24.5 Å². The number of aryl methyl sites for hydroxylation is 1. The van der Waals surface area contributed by atoms with Crippen LogP contribution in [-0.4, -0.2) is 20.6 Å². The number of hydrogen-bond donors (Lipinski definition) is 1. The number of rotatable bonds is 3. The number of carboxylic acid groups (broad SMARTS) is 1. The molecule has 0 saturated heterocycles. The highest BCUT2D eigenvalue weighted by Crippen LogP contribution is 2.22. The molecule has 20 heavy (non-hydrogen) atoms. The van der Waals surface area contributed by atoms with Crippen molar-refractivity contribution >= 4 is 5.97 Å². The minimum Gasteiger partial charge on any atom is -0.478 e. The van der Waals surface area contributed by atoms with E-state index in [0.717, 1.165) is 37.1 Å². The zero-order chi connectivity index (χ0) is 14.1. The van der Waals surface area contributed by atoms with Crippen LogP contribution in [0, 0.1) is 5.82 Å². The molecule has 4 nitrogen and oxygen atoms in total. The Morgan fingerprint density at radius 1 is 1.35 bits per heavy atom. The second-order valence-electron chi connectivity index (χ2n) is 5.08. The summed E-state index contributed by atoms with van der Waals surface area (Å²) in [5.74, 6) is -1.45. The Kier molecular flexibility index (Phi) is 3.26. The van der Waals surface area contributed by atoms with Crippen molar-refractivity contribution in [1.82, 2.24) is 9.55 Å². The predicted molar refractivity (Wildman–Crippen MR) is 71.3 cm³/mol. The van der Waals surface area contributed by atoms with Gasteiger partial charge < -0.3 is 9.67 Å². The van der Waals surface area contributed by atoms with Gasteiger partial charge in [0, 0.05) is 12.2 Å². The van der Waals surface area contributed by atoms with Crippen LogP contribution in [0.25, 0.3) is 0 Å². The van der Waals surface area contributed by atoms with Crippen molar-refractivity contribution in [3.05, 3.63) is 52.9 Å². The Morgan fingerprint density at radius 2 is 2.15 bits per heavy atom. The molecular formula is C15H15FN2O2. The third kappa shape index (κ3) is 2.31. The summed E-state index contributed by atoms with van der Waals surface area (Å²) in [5.41, 5.74) is 2.86. The molecule has 104 valence electrons. The van der Waals surface area contributed by atoms with Crippen LogP contribution >= 0.6 is 0 Å². The van der Waals surface area contributed by atoms with Gasteiger partial charge >= 0.3 is 5.97 Å². The van der Waals surface area contributed by atoms with Crippen molar-refractivity contribution in [2.75, 3.05) is 0 Å². The molecule has 1 aromatic heterocycles. The average molecular weight is 274 g/mol. The van der Waals surface area contributed by atoms with Gasteiger partial charge in [0.2, 0.25) is 0 Å². The first kappa shape index (κ1) is 12.8. The minimum absolute atomic E-state index is 0.143. The number of benzene rings is 1. The van der Waals surface area contributed by atoms with E-state index in [1.807, 2.05) is 4.57 Å². The fourth-order valence-corrected chi connectivity index (χ4v) is 2.75. The van der Waals surface area contributed by atoms with Crippen LogP contribution in [-0.2, 0) is 19.4 Å². The number of carbonyl (C=O) groups is 1. The van der Waals surface area contributed by atoms with Gasteiger partial charge in [0.1, 0.15) is 5.82 Å². The number of imidazole rings is 1. The number of carboxylic acids is 1. The van der Waals surface area contributed by atoms with Crippen LogP contribution in [0.4, 0.5) is 4.39 Å². The summed E-state index contributed by atoms with van der Waals surface area (Å²) in [4.78, 5) is 15.6. The van der Waals surface area contributed by atoms with Crippen molar-refractivity contribution in [3.8, 4) is 0 Å². The Morgan fingerprint density at radius 3 is 2.95 bits per heavy atom. The van der Waals surface area contributed by atoms with E-state index >= 15 is 0 Å². The lowest BCUT2D eigenvalue weighted by Crippen LogP contribution is -2.12. The van der Waals surface area contributed by atoms with Crippen molar-refractivity contribution in [1.29, 1.82) is 0 Å². The van der Waals surface area contributed by atoms with Gasteiger partial charge in [0.05, 0.1) is 17.6 Å². The molecule has 1 N–H and O–H groups in total. The standard InChI is InChI=1S/C15H15FN2O2/c16-11-5-6-12(15(19)20)10(7-11)8-18-9-17-13-3-1-2-4-14(13)18/h5-7,9H,1-4,8H2,(H,19,20). The Labute approximate surface area is 115 Å². The van der Waals surface area contributed by atoms with Crippen molar-refractivity contribution in [2.24, 2.45) is 0 Å². The van der Waals surface area contributed by atoms with E-state index in [4.69, 9.17) is 0 Å². The molecule has 0 radical (unpaired) electrons. The average Bonchev–Trinajstić information content (AvgIpc) is 2.82. The lowest BCUT2D eigenvalue weighted by atomic mass is 10.0. The van der Waals surface area contributed by atoms with E-state index in [1.54, 1.807) is 6.33 Å². The molecule has 1 aliphatic rings. The molecule has 1 aromatic carbocycles. The molecule has 0 aliphatic heterocycles. The molecule has 0 unspecified atom stereocenters. The largest absolute Gasteiger partial charge is 0.478 e. The SMILES string of the molecule is O=C(O)c1ccc(F)cc1Cn1cnc2c1CCCC2. The smallest absolute Gasteiger partial charge is 0.336 e. The molecule has 0 fully saturated rings. The highest BCUT2D eigenvalue weighted by molar-refractivity contribution is 5.89. The Hall–Kier alpha value is -2.17. The van der Waals surface area contributed by atoms with Crippen LogP contribution in [0.5, 0.6) is 0 Å². The molecule has 0 saturated carbocycles. The highest BCUT2D eigenvalue weighted by Gasteiger charge is 2.17. The molecule has 5 heteroatoms. The normalized spacial score (nSPS) is 14.1. The first-order chi connectivity index (χ1) is 9.65. The third-order valence-corrected chi connectivity index (χ3v) is 3.75. The summed E-state index contributed by atoms with van der Waals surface area (Å²) in [7, 11) is 0. The number of aromatic nitrogens is 2. The monoisotopic (exact) mass is 274 g/mol. The molecule has 0 bridgehead atoms. The summed E-state index contributed by atoms with van der Waals surface area (Å²) in [6, 6.07) is 3.78. The first-order valence-corrected chi connectivity index (χ1v) is 6.70. The van der Waals surface area contributed by atoms with Crippen LogP contribution < -0.4 is 0 Å². The number of fused-ring (bicyclic) bond motifs is 1. The Bertz CT molecular complexity index is 664. The van der Waals surface area contributed by atoms with Crippen molar-refractivity contribution in [2.45, 2.75) is 32.2 Å². The molecule has 0 spiro atoms. The molecule has 1 aliphatic carbocycles. The van der Waals surface area contributed by atoms with E-state index in [0.29, 0.717) is 12.1 Å². The molecule has 3 rings (SSSR count). The zero-order valence-corrected chi connectivity index (χ0v) is 11.0. The van der Waals surface area contributed by atoms with E-state index < -0.39 is 11.8 Å². The summed E-state index contributed by atoms with van der Waals surface area (Å²) >= 11 is 0. The van der Waals surface area contributed by atoms with Crippen molar-refractivity contribution in [3.63, 3.8) is 0 Å². The van der Waals surface area contributed by atoms with Gasteiger partial charge in [-0.05, 0) is 49.4 Å². The Balaban J connectivity index is 1.97. The third-order valence-electron chi connectivity index (χ3n) is 3.75. The maximum atomic E-state index is 13.4. The second-order valence-corrected chi connectivity index (χ2v) is 5.08. The summed E-state index contributed by atoms with van der Waals surface area (Å²) in [6.07, 6.45) is 5.91. The quantitative estimate of drug-likeness (QED) is 0.936. The maximum absolute atomic E-state index is 13.4. The predicted octanol–water partition coefficient (Wildman–Crippen LogP) is 2.65. The van der Waals surface area contributed by atoms with Gasteiger partial charge in [0.25, 0.3) is 0 Å². The highest BCUT2D eigenvalue weighted by atomic mass is 19.1. The number of halogens is 1. The number of nitrogens with zero attached hydrogens (tertiary/aromatic N) is 2. The van der Waals surface area contributed by atoms with Gasteiger partial charge in [-0.15, -0.1) is 0 Å². The van der Waals surface area contributed by atoms with E-state index in [2.05, 4.69) is 4.98 Å². The van der Waals surface area contributed by atoms with E-state index in [-0.39, 0.29) is 5.56 Å². The van der Waals surface area contributed by atoms with Crippen LogP contribution in [0.3, 0.4) is 0 Å². The molecular weight excluding hydrogens is 259 g/mol. The van der Waals surface area contributed by atoms with Crippen LogP contribution in [0.2, 0.25) is 0 Å². The van der Waals surface area contributed by atoms with Gasteiger partial charge in [0.15, 0.2) is 0 Å². The van der Waals surface area contributed by atoms with Gasteiger partial charge in [-0.3, -0.25) is 0 Å². The lowest BCUT2D eigenvalue weighted by molar-refractivity contribution is 0.0695. The minimum atomic E-state index is -1.03. The lowest BCUT2D eigenvalue weighted by Gasteiger charge is -2.15. The zero-order valence-electron chi connectivity index (χ0n) is 11.0. The molecule has 1 heterocycles. The number of hydrogen-bond acceptors (Lipinski definition) is 2.